The van der Waals surface area contributed by atoms with Crippen molar-refractivity contribution < 1.29 is 4.74 Å². The van der Waals surface area contributed by atoms with Gasteiger partial charge in [-0.3, -0.25) is 0 Å². The standard InChI is InChI=1S/C17H27NO/c1-5-10-18-16-12-15(17(16,3)4)13-8-7-9-14(11-13)19-6-2/h7-9,11,15-16,18H,5-6,10,12H2,1-4H3. The van der Waals surface area contributed by atoms with Gasteiger partial charge in [0.1, 0.15) is 5.75 Å². The molecule has 0 aliphatic heterocycles. The molecule has 2 heteroatoms. The first-order valence-corrected chi connectivity index (χ1v) is 7.55. The third kappa shape index (κ3) is 2.94. The zero-order valence-electron chi connectivity index (χ0n) is 12.7. The van der Waals surface area contributed by atoms with Crippen molar-refractivity contribution in [1.29, 1.82) is 0 Å². The fourth-order valence-corrected chi connectivity index (χ4v) is 3.14. The summed E-state index contributed by atoms with van der Waals surface area (Å²) in [5.74, 6) is 1.64. The summed E-state index contributed by atoms with van der Waals surface area (Å²) < 4.78 is 5.61. The predicted octanol–water partition coefficient (Wildman–Crippen LogP) is 3.97. The van der Waals surface area contributed by atoms with Gasteiger partial charge in [0.15, 0.2) is 0 Å². The summed E-state index contributed by atoms with van der Waals surface area (Å²) in [5, 5.41) is 3.67. The lowest BCUT2D eigenvalue weighted by atomic mass is 9.56. The molecule has 0 amide bonds. The third-order valence-corrected chi connectivity index (χ3v) is 4.48. The van der Waals surface area contributed by atoms with E-state index in [1.807, 2.05) is 13.0 Å². The van der Waals surface area contributed by atoms with Gasteiger partial charge in [-0.2, -0.15) is 0 Å². The molecule has 1 saturated carbocycles. The second-order valence-corrected chi connectivity index (χ2v) is 6.12. The minimum atomic E-state index is 0.333. The van der Waals surface area contributed by atoms with E-state index in [0.717, 1.165) is 18.9 Å². The van der Waals surface area contributed by atoms with Crippen molar-refractivity contribution in [3.05, 3.63) is 29.8 Å². The van der Waals surface area contributed by atoms with Crippen LogP contribution in [0.4, 0.5) is 0 Å². The van der Waals surface area contributed by atoms with Gasteiger partial charge in [0, 0.05) is 6.04 Å². The first-order valence-electron chi connectivity index (χ1n) is 7.55. The minimum Gasteiger partial charge on any atom is -0.494 e. The highest BCUT2D eigenvalue weighted by Crippen LogP contribution is 2.52. The molecule has 1 N–H and O–H groups in total. The zero-order valence-corrected chi connectivity index (χ0v) is 12.7. The Balaban J connectivity index is 2.05. The van der Waals surface area contributed by atoms with Crippen LogP contribution in [-0.4, -0.2) is 19.2 Å². The van der Waals surface area contributed by atoms with E-state index in [9.17, 15) is 0 Å². The Hall–Kier alpha value is -1.02. The maximum atomic E-state index is 5.61. The van der Waals surface area contributed by atoms with E-state index in [-0.39, 0.29) is 0 Å². The second-order valence-electron chi connectivity index (χ2n) is 6.12. The van der Waals surface area contributed by atoms with Crippen molar-refractivity contribution in [2.45, 2.75) is 52.5 Å². The quantitative estimate of drug-likeness (QED) is 0.836. The van der Waals surface area contributed by atoms with Crippen molar-refractivity contribution in [3.63, 3.8) is 0 Å². The van der Waals surface area contributed by atoms with Crippen LogP contribution in [0.1, 0.15) is 52.0 Å². The summed E-state index contributed by atoms with van der Waals surface area (Å²) in [5.41, 5.74) is 1.76. The largest absolute Gasteiger partial charge is 0.494 e. The fourth-order valence-electron chi connectivity index (χ4n) is 3.14. The summed E-state index contributed by atoms with van der Waals surface area (Å²) in [6.07, 6.45) is 2.44. The van der Waals surface area contributed by atoms with E-state index in [4.69, 9.17) is 4.74 Å². The van der Waals surface area contributed by atoms with Crippen LogP contribution < -0.4 is 10.1 Å². The summed E-state index contributed by atoms with van der Waals surface area (Å²) in [7, 11) is 0. The first-order chi connectivity index (χ1) is 9.09. The Morgan fingerprint density at radius 1 is 1.32 bits per heavy atom. The molecule has 19 heavy (non-hydrogen) atoms. The number of hydrogen-bond acceptors (Lipinski definition) is 2. The molecule has 1 fully saturated rings. The second kappa shape index (κ2) is 5.96. The Labute approximate surface area is 117 Å². The highest BCUT2D eigenvalue weighted by molar-refractivity contribution is 5.34. The summed E-state index contributed by atoms with van der Waals surface area (Å²) >= 11 is 0. The van der Waals surface area contributed by atoms with E-state index in [1.165, 1.54) is 18.4 Å². The third-order valence-electron chi connectivity index (χ3n) is 4.48. The molecule has 106 valence electrons. The maximum Gasteiger partial charge on any atom is 0.119 e. The average molecular weight is 261 g/mol. The monoisotopic (exact) mass is 261 g/mol. The Kier molecular flexibility index (Phi) is 4.51. The molecule has 2 nitrogen and oxygen atoms in total. The molecule has 0 saturated heterocycles. The number of nitrogens with one attached hydrogen (secondary N) is 1. The predicted molar refractivity (Wildman–Crippen MR) is 80.8 cm³/mol. The van der Waals surface area contributed by atoms with Crippen LogP contribution in [-0.2, 0) is 0 Å². The van der Waals surface area contributed by atoms with Gasteiger partial charge in [-0.05, 0) is 55.3 Å². The molecule has 0 aromatic heterocycles. The molecule has 2 atom stereocenters. The summed E-state index contributed by atoms with van der Waals surface area (Å²) in [6, 6.07) is 9.26. The van der Waals surface area contributed by atoms with Crippen molar-refractivity contribution >= 4 is 0 Å². The lowest BCUT2D eigenvalue weighted by Crippen LogP contribution is -2.55. The van der Waals surface area contributed by atoms with Crippen LogP contribution in [0.25, 0.3) is 0 Å². The molecule has 1 aliphatic rings. The average Bonchev–Trinajstić information content (AvgIpc) is 2.38. The minimum absolute atomic E-state index is 0.333. The molecular formula is C17H27NO. The molecule has 0 bridgehead atoms. The van der Waals surface area contributed by atoms with Gasteiger partial charge in [-0.25, -0.2) is 0 Å². The highest BCUT2D eigenvalue weighted by atomic mass is 16.5. The summed E-state index contributed by atoms with van der Waals surface area (Å²) in [4.78, 5) is 0. The summed E-state index contributed by atoms with van der Waals surface area (Å²) in [6.45, 7) is 10.9. The number of benzene rings is 1. The van der Waals surface area contributed by atoms with Crippen LogP contribution in [0.5, 0.6) is 5.75 Å². The SMILES string of the molecule is CCCNC1CC(c2cccc(OCC)c2)C1(C)C. The molecule has 0 heterocycles. The van der Waals surface area contributed by atoms with Crippen LogP contribution in [0.3, 0.4) is 0 Å². The molecule has 1 aromatic carbocycles. The maximum absolute atomic E-state index is 5.61. The van der Waals surface area contributed by atoms with Gasteiger partial charge < -0.3 is 10.1 Å². The van der Waals surface area contributed by atoms with E-state index in [0.29, 0.717) is 17.4 Å². The smallest absolute Gasteiger partial charge is 0.119 e. The highest BCUT2D eigenvalue weighted by Gasteiger charge is 2.48. The lowest BCUT2D eigenvalue weighted by Gasteiger charge is -2.53. The lowest BCUT2D eigenvalue weighted by molar-refractivity contribution is 0.0693. The molecule has 2 unspecified atom stereocenters. The van der Waals surface area contributed by atoms with E-state index < -0.39 is 0 Å². The van der Waals surface area contributed by atoms with Crippen molar-refractivity contribution in [1.82, 2.24) is 5.32 Å². The number of ether oxygens (including phenoxy) is 1. The van der Waals surface area contributed by atoms with Crippen LogP contribution in [0.15, 0.2) is 24.3 Å². The van der Waals surface area contributed by atoms with Gasteiger partial charge in [0.2, 0.25) is 0 Å². The van der Waals surface area contributed by atoms with Crippen LogP contribution >= 0.6 is 0 Å². The van der Waals surface area contributed by atoms with Gasteiger partial charge in [0.25, 0.3) is 0 Å². The van der Waals surface area contributed by atoms with Crippen LogP contribution in [0, 0.1) is 5.41 Å². The first kappa shape index (κ1) is 14.4. The molecule has 1 aliphatic carbocycles. The molecule has 0 radical (unpaired) electrons. The molecule has 1 aromatic rings. The Morgan fingerprint density at radius 3 is 2.74 bits per heavy atom. The van der Waals surface area contributed by atoms with Gasteiger partial charge in [0.05, 0.1) is 6.61 Å². The van der Waals surface area contributed by atoms with Gasteiger partial charge >= 0.3 is 0 Å². The number of hydrogen-bond donors (Lipinski definition) is 1. The normalized spacial score (nSPS) is 24.8. The Bertz CT molecular complexity index is 413. The van der Waals surface area contributed by atoms with Crippen molar-refractivity contribution in [3.8, 4) is 5.75 Å². The zero-order chi connectivity index (χ0) is 13.9. The molecular weight excluding hydrogens is 234 g/mol. The Morgan fingerprint density at radius 2 is 2.11 bits per heavy atom. The molecule has 0 spiro atoms. The van der Waals surface area contributed by atoms with Crippen molar-refractivity contribution in [2.24, 2.45) is 5.41 Å². The van der Waals surface area contributed by atoms with E-state index in [2.05, 4.69) is 44.3 Å². The van der Waals surface area contributed by atoms with Gasteiger partial charge in [-0.15, -0.1) is 0 Å². The van der Waals surface area contributed by atoms with Gasteiger partial charge in [-0.1, -0.05) is 32.9 Å². The van der Waals surface area contributed by atoms with E-state index >= 15 is 0 Å². The topological polar surface area (TPSA) is 21.3 Å². The van der Waals surface area contributed by atoms with E-state index in [1.54, 1.807) is 0 Å². The van der Waals surface area contributed by atoms with Crippen LogP contribution in [0.2, 0.25) is 0 Å². The van der Waals surface area contributed by atoms with Crippen molar-refractivity contribution in [2.75, 3.05) is 13.2 Å². The number of rotatable bonds is 6. The fraction of sp³-hybridized carbons (Fsp3) is 0.647. The molecule has 2 rings (SSSR count).